The summed E-state index contributed by atoms with van der Waals surface area (Å²) in [7, 11) is 0. The number of carbonyl (C=O) groups is 3. The van der Waals surface area contributed by atoms with Crippen molar-refractivity contribution in [3.63, 3.8) is 0 Å². The van der Waals surface area contributed by atoms with Crippen molar-refractivity contribution in [3.8, 4) is 5.75 Å². The van der Waals surface area contributed by atoms with Crippen molar-refractivity contribution in [2.45, 2.75) is 26.9 Å². The summed E-state index contributed by atoms with van der Waals surface area (Å²) >= 11 is 0. The zero-order valence-corrected chi connectivity index (χ0v) is 14.0. The summed E-state index contributed by atoms with van der Waals surface area (Å²) < 4.78 is 10.0. The van der Waals surface area contributed by atoms with Gasteiger partial charge < -0.3 is 14.8 Å². The number of esters is 1. The summed E-state index contributed by atoms with van der Waals surface area (Å²) in [5, 5.41) is 15.4. The van der Waals surface area contributed by atoms with Crippen molar-refractivity contribution >= 4 is 23.6 Å². The van der Waals surface area contributed by atoms with Gasteiger partial charge in [0.2, 0.25) is 0 Å². The van der Waals surface area contributed by atoms with Gasteiger partial charge in [0.25, 0.3) is 5.91 Å². The largest absolute Gasteiger partial charge is 0.487 e. The van der Waals surface area contributed by atoms with Gasteiger partial charge in [-0.05, 0) is 32.9 Å². The topological polar surface area (TPSA) is 137 Å². The van der Waals surface area contributed by atoms with Crippen LogP contribution in [0.4, 0.5) is 10.5 Å². The van der Waals surface area contributed by atoms with E-state index >= 15 is 0 Å². The molecule has 136 valence electrons. The molecule has 0 saturated heterocycles. The summed E-state index contributed by atoms with van der Waals surface area (Å²) in [5.41, 5.74) is -0.511. The van der Waals surface area contributed by atoms with Gasteiger partial charge in [-0.3, -0.25) is 20.2 Å². The first-order valence-corrected chi connectivity index (χ1v) is 7.51. The molecule has 25 heavy (non-hydrogen) atoms. The Hall–Kier alpha value is -3.17. The molecule has 1 rings (SSSR count). The SMILES string of the molecule is CCNC(=O)NC(=O)C(C)OC(=O)c1ccc(OCC)c([N+](=O)[O-])c1. The van der Waals surface area contributed by atoms with E-state index in [2.05, 4.69) is 5.32 Å². The van der Waals surface area contributed by atoms with Crippen LogP contribution in [0.3, 0.4) is 0 Å². The van der Waals surface area contributed by atoms with Crippen LogP contribution in [-0.2, 0) is 9.53 Å². The number of hydrogen-bond acceptors (Lipinski definition) is 7. The smallest absolute Gasteiger partial charge is 0.339 e. The lowest BCUT2D eigenvalue weighted by atomic mass is 10.2. The lowest BCUT2D eigenvalue weighted by Gasteiger charge is -2.13. The van der Waals surface area contributed by atoms with E-state index in [1.807, 2.05) is 5.32 Å². The third-order valence-corrected chi connectivity index (χ3v) is 2.92. The highest BCUT2D eigenvalue weighted by Gasteiger charge is 2.23. The van der Waals surface area contributed by atoms with Crippen LogP contribution in [0.25, 0.3) is 0 Å². The molecule has 1 aromatic carbocycles. The fraction of sp³-hybridized carbons (Fsp3) is 0.400. The second kappa shape index (κ2) is 9.21. The van der Waals surface area contributed by atoms with Gasteiger partial charge in [-0.2, -0.15) is 0 Å². The van der Waals surface area contributed by atoms with Crippen molar-refractivity contribution in [1.29, 1.82) is 0 Å². The van der Waals surface area contributed by atoms with Crippen LogP contribution in [0.5, 0.6) is 5.75 Å². The molecule has 0 radical (unpaired) electrons. The zero-order valence-electron chi connectivity index (χ0n) is 14.0. The molecule has 10 heteroatoms. The molecule has 1 aromatic rings. The molecule has 0 fully saturated rings. The molecule has 3 amide bonds. The summed E-state index contributed by atoms with van der Waals surface area (Å²) in [4.78, 5) is 45.4. The van der Waals surface area contributed by atoms with Crippen molar-refractivity contribution in [2.24, 2.45) is 0 Å². The number of nitrogens with zero attached hydrogens (tertiary/aromatic N) is 1. The quantitative estimate of drug-likeness (QED) is 0.429. The average Bonchev–Trinajstić information content (AvgIpc) is 2.55. The zero-order chi connectivity index (χ0) is 19.0. The second-order valence-electron chi connectivity index (χ2n) is 4.77. The number of hydrogen-bond donors (Lipinski definition) is 2. The van der Waals surface area contributed by atoms with Crippen molar-refractivity contribution in [2.75, 3.05) is 13.2 Å². The number of rotatable bonds is 7. The molecular weight excluding hydrogens is 334 g/mol. The molecule has 0 heterocycles. The Morgan fingerprint density at radius 2 is 1.96 bits per heavy atom. The number of carbonyl (C=O) groups excluding carboxylic acids is 3. The van der Waals surface area contributed by atoms with Gasteiger partial charge >= 0.3 is 17.7 Å². The third-order valence-electron chi connectivity index (χ3n) is 2.92. The Balaban J connectivity index is 2.83. The number of ether oxygens (including phenoxy) is 2. The second-order valence-corrected chi connectivity index (χ2v) is 4.77. The van der Waals surface area contributed by atoms with Crippen LogP contribution in [0.15, 0.2) is 18.2 Å². The molecule has 10 nitrogen and oxygen atoms in total. The molecule has 0 aliphatic rings. The highest BCUT2D eigenvalue weighted by molar-refractivity contribution is 5.98. The first-order chi connectivity index (χ1) is 11.8. The van der Waals surface area contributed by atoms with E-state index in [0.717, 1.165) is 6.07 Å². The molecule has 0 spiro atoms. The van der Waals surface area contributed by atoms with Crippen LogP contribution in [0.2, 0.25) is 0 Å². The van der Waals surface area contributed by atoms with Crippen LogP contribution >= 0.6 is 0 Å². The number of nitro benzene ring substituents is 1. The Labute approximate surface area is 143 Å². The summed E-state index contributed by atoms with van der Waals surface area (Å²) in [6.07, 6.45) is -1.26. The average molecular weight is 353 g/mol. The maximum absolute atomic E-state index is 12.0. The number of nitrogens with one attached hydrogen (secondary N) is 2. The molecule has 0 aromatic heterocycles. The van der Waals surface area contributed by atoms with Crippen molar-refractivity contribution in [1.82, 2.24) is 10.6 Å². The molecule has 0 saturated carbocycles. The number of benzene rings is 1. The van der Waals surface area contributed by atoms with Crippen LogP contribution < -0.4 is 15.4 Å². The molecular formula is C15H19N3O7. The van der Waals surface area contributed by atoms with Crippen LogP contribution in [-0.4, -0.2) is 42.1 Å². The number of amides is 3. The van der Waals surface area contributed by atoms with Crippen molar-refractivity contribution in [3.05, 3.63) is 33.9 Å². The number of urea groups is 1. The van der Waals surface area contributed by atoms with Crippen molar-refractivity contribution < 1.29 is 28.8 Å². The summed E-state index contributed by atoms with van der Waals surface area (Å²) in [5.74, 6) is -1.74. The standard InChI is InChI=1S/C15H19N3O7/c1-4-16-15(21)17-13(19)9(3)25-14(20)10-6-7-12(24-5-2)11(8-10)18(22)23/h6-9H,4-5H2,1-3H3,(H2,16,17,19,21). The normalized spacial score (nSPS) is 11.2. The summed E-state index contributed by atoms with van der Waals surface area (Å²) in [6.45, 7) is 5.16. The van der Waals surface area contributed by atoms with Gasteiger partial charge in [0.05, 0.1) is 17.1 Å². The lowest BCUT2D eigenvalue weighted by Crippen LogP contribution is -2.44. The van der Waals surface area contributed by atoms with Gasteiger partial charge in [-0.15, -0.1) is 0 Å². The highest BCUT2D eigenvalue weighted by atomic mass is 16.6. The third kappa shape index (κ3) is 5.75. The summed E-state index contributed by atoms with van der Waals surface area (Å²) in [6, 6.07) is 2.85. The first-order valence-electron chi connectivity index (χ1n) is 7.51. The van der Waals surface area contributed by atoms with Gasteiger partial charge in [-0.1, -0.05) is 0 Å². The van der Waals surface area contributed by atoms with E-state index < -0.39 is 34.6 Å². The molecule has 1 unspecified atom stereocenters. The Bertz CT molecular complexity index is 675. The minimum Gasteiger partial charge on any atom is -0.487 e. The molecule has 2 N–H and O–H groups in total. The van der Waals surface area contributed by atoms with E-state index in [1.54, 1.807) is 13.8 Å². The van der Waals surface area contributed by atoms with E-state index in [-0.39, 0.29) is 17.9 Å². The lowest BCUT2D eigenvalue weighted by molar-refractivity contribution is -0.385. The van der Waals surface area contributed by atoms with E-state index in [0.29, 0.717) is 6.54 Å². The maximum atomic E-state index is 12.0. The number of nitro groups is 1. The highest BCUT2D eigenvalue weighted by Crippen LogP contribution is 2.28. The predicted octanol–water partition coefficient (Wildman–Crippen LogP) is 1.38. The maximum Gasteiger partial charge on any atom is 0.339 e. The molecule has 0 aliphatic heterocycles. The first kappa shape index (κ1) is 19.9. The Morgan fingerprint density at radius 3 is 2.52 bits per heavy atom. The fourth-order valence-electron chi connectivity index (χ4n) is 1.76. The molecule has 0 aliphatic carbocycles. The van der Waals surface area contributed by atoms with Crippen LogP contribution in [0, 0.1) is 10.1 Å². The monoisotopic (exact) mass is 353 g/mol. The molecule has 0 bridgehead atoms. The fourth-order valence-corrected chi connectivity index (χ4v) is 1.76. The van der Waals surface area contributed by atoms with Crippen LogP contribution in [0.1, 0.15) is 31.1 Å². The Kier molecular flexibility index (Phi) is 7.32. The van der Waals surface area contributed by atoms with Gasteiger partial charge in [0.15, 0.2) is 11.9 Å². The van der Waals surface area contributed by atoms with E-state index in [9.17, 15) is 24.5 Å². The van der Waals surface area contributed by atoms with E-state index in [1.165, 1.54) is 19.1 Å². The Morgan fingerprint density at radius 1 is 1.28 bits per heavy atom. The number of imide groups is 1. The van der Waals surface area contributed by atoms with Gasteiger partial charge in [0, 0.05) is 12.6 Å². The minimum atomic E-state index is -1.26. The minimum absolute atomic E-state index is 0.0195. The van der Waals surface area contributed by atoms with Gasteiger partial charge in [-0.25, -0.2) is 9.59 Å². The molecule has 1 atom stereocenters. The van der Waals surface area contributed by atoms with E-state index in [4.69, 9.17) is 9.47 Å². The predicted molar refractivity (Wildman–Crippen MR) is 86.4 cm³/mol. The van der Waals surface area contributed by atoms with Gasteiger partial charge in [0.1, 0.15) is 0 Å².